The maximum absolute atomic E-state index is 12.4. The van der Waals surface area contributed by atoms with Gasteiger partial charge in [-0.15, -0.1) is 0 Å². The van der Waals surface area contributed by atoms with Crippen molar-refractivity contribution in [1.29, 1.82) is 0 Å². The topological polar surface area (TPSA) is 55.4 Å². The lowest BCUT2D eigenvalue weighted by Gasteiger charge is -2.27. The number of hydrogen-bond acceptors (Lipinski definition) is 3. The van der Waals surface area contributed by atoms with Crippen molar-refractivity contribution in [1.82, 2.24) is 5.32 Å². The van der Waals surface area contributed by atoms with Crippen LogP contribution in [-0.2, 0) is 14.3 Å². The van der Waals surface area contributed by atoms with Crippen molar-refractivity contribution in [3.63, 3.8) is 0 Å². The van der Waals surface area contributed by atoms with Crippen molar-refractivity contribution in [2.45, 2.75) is 65.3 Å². The Labute approximate surface area is 129 Å². The van der Waals surface area contributed by atoms with Crippen molar-refractivity contribution in [2.24, 2.45) is 5.92 Å². The quantitative estimate of drug-likeness (QED) is 0.602. The standard InChI is InChI=1S/C15H24F3NO3/c1-6-7-8-9-10(2)11(12(20)22-14(3,4)5)19-13(21)15(16,17)18/h8-11H,6-7H2,1-5H3,(H,19,21)/b9-8+/t10-,11-/m0/s1. The Bertz CT molecular complexity index is 411. The summed E-state index contributed by atoms with van der Waals surface area (Å²) in [5.74, 6) is -3.66. The normalized spacial score (nSPS) is 15.5. The lowest BCUT2D eigenvalue weighted by molar-refractivity contribution is -0.177. The molecule has 0 aliphatic carbocycles. The van der Waals surface area contributed by atoms with Gasteiger partial charge >= 0.3 is 18.1 Å². The van der Waals surface area contributed by atoms with Crippen LogP contribution in [0.25, 0.3) is 0 Å². The molecule has 128 valence electrons. The number of carbonyl (C=O) groups is 2. The molecule has 0 aromatic carbocycles. The predicted molar refractivity (Wildman–Crippen MR) is 77.0 cm³/mol. The molecule has 0 saturated heterocycles. The van der Waals surface area contributed by atoms with E-state index >= 15 is 0 Å². The highest BCUT2D eigenvalue weighted by Gasteiger charge is 2.42. The Morgan fingerprint density at radius 1 is 1.23 bits per heavy atom. The summed E-state index contributed by atoms with van der Waals surface area (Å²) in [5, 5.41) is 1.72. The van der Waals surface area contributed by atoms with Crippen molar-refractivity contribution < 1.29 is 27.5 Å². The number of alkyl halides is 3. The van der Waals surface area contributed by atoms with Gasteiger partial charge in [0.15, 0.2) is 0 Å². The number of ether oxygens (including phenoxy) is 1. The molecular weight excluding hydrogens is 299 g/mol. The molecule has 0 aliphatic rings. The van der Waals surface area contributed by atoms with Crippen molar-refractivity contribution in [3.05, 3.63) is 12.2 Å². The van der Waals surface area contributed by atoms with E-state index in [-0.39, 0.29) is 0 Å². The molecule has 4 nitrogen and oxygen atoms in total. The number of carbonyl (C=O) groups excluding carboxylic acids is 2. The zero-order valence-corrected chi connectivity index (χ0v) is 13.6. The fourth-order valence-corrected chi connectivity index (χ4v) is 1.58. The molecule has 0 heterocycles. The molecule has 2 atom stereocenters. The number of nitrogens with one attached hydrogen (secondary N) is 1. The molecule has 0 spiro atoms. The maximum atomic E-state index is 12.4. The molecule has 0 aromatic rings. The summed E-state index contributed by atoms with van der Waals surface area (Å²) < 4.78 is 42.3. The first-order chi connectivity index (χ1) is 9.88. The maximum Gasteiger partial charge on any atom is 0.471 e. The second kappa shape index (κ2) is 8.19. The van der Waals surface area contributed by atoms with E-state index in [4.69, 9.17) is 4.74 Å². The van der Waals surface area contributed by atoms with Gasteiger partial charge in [-0.05, 0) is 27.2 Å². The third kappa shape index (κ3) is 8.05. The summed E-state index contributed by atoms with van der Waals surface area (Å²) in [7, 11) is 0. The molecular formula is C15H24F3NO3. The second-order valence-electron chi connectivity index (χ2n) is 6.06. The number of amides is 1. The molecule has 1 N–H and O–H groups in total. The smallest absolute Gasteiger partial charge is 0.458 e. The summed E-state index contributed by atoms with van der Waals surface area (Å²) in [6.07, 6.45) is -0.0720. The van der Waals surface area contributed by atoms with Gasteiger partial charge in [0, 0.05) is 5.92 Å². The van der Waals surface area contributed by atoms with Crippen molar-refractivity contribution in [2.75, 3.05) is 0 Å². The van der Waals surface area contributed by atoms with E-state index in [2.05, 4.69) is 0 Å². The highest BCUT2D eigenvalue weighted by Crippen LogP contribution is 2.18. The number of hydrogen-bond donors (Lipinski definition) is 1. The minimum Gasteiger partial charge on any atom is -0.458 e. The van der Waals surface area contributed by atoms with Crippen LogP contribution in [0.1, 0.15) is 47.5 Å². The van der Waals surface area contributed by atoms with E-state index < -0.39 is 35.6 Å². The number of allylic oxidation sites excluding steroid dienone is 1. The van der Waals surface area contributed by atoms with Crippen LogP contribution in [0.3, 0.4) is 0 Å². The molecule has 0 bridgehead atoms. The zero-order chi connectivity index (χ0) is 17.6. The molecule has 0 saturated carbocycles. The van der Waals surface area contributed by atoms with Gasteiger partial charge in [0.2, 0.25) is 0 Å². The number of rotatable bonds is 6. The summed E-state index contributed by atoms with van der Waals surface area (Å²) in [6.45, 7) is 8.31. The first-order valence-electron chi connectivity index (χ1n) is 7.15. The average molecular weight is 323 g/mol. The molecule has 0 aliphatic heterocycles. The van der Waals surface area contributed by atoms with Gasteiger partial charge in [-0.1, -0.05) is 32.4 Å². The summed E-state index contributed by atoms with van der Waals surface area (Å²) in [5.41, 5.74) is -0.856. The Morgan fingerprint density at radius 3 is 2.18 bits per heavy atom. The van der Waals surface area contributed by atoms with E-state index in [1.807, 2.05) is 6.92 Å². The van der Waals surface area contributed by atoms with Gasteiger partial charge in [-0.2, -0.15) is 13.2 Å². The van der Waals surface area contributed by atoms with E-state index in [1.54, 1.807) is 45.2 Å². The largest absolute Gasteiger partial charge is 0.471 e. The number of esters is 1. The third-order valence-corrected chi connectivity index (χ3v) is 2.63. The molecule has 0 aromatic heterocycles. The van der Waals surface area contributed by atoms with Crippen molar-refractivity contribution in [3.8, 4) is 0 Å². The Balaban J connectivity index is 5.14. The van der Waals surface area contributed by atoms with Crippen LogP contribution in [0.5, 0.6) is 0 Å². The molecule has 0 unspecified atom stereocenters. The van der Waals surface area contributed by atoms with Crippen LogP contribution >= 0.6 is 0 Å². The second-order valence-corrected chi connectivity index (χ2v) is 6.06. The minimum absolute atomic E-state index is 0.618. The zero-order valence-electron chi connectivity index (χ0n) is 13.6. The highest BCUT2D eigenvalue weighted by molar-refractivity contribution is 5.88. The first-order valence-corrected chi connectivity index (χ1v) is 7.15. The monoisotopic (exact) mass is 323 g/mol. The van der Waals surface area contributed by atoms with Crippen LogP contribution < -0.4 is 5.32 Å². The lowest BCUT2D eigenvalue weighted by atomic mass is 10.00. The number of unbranched alkanes of at least 4 members (excludes halogenated alkanes) is 1. The molecule has 0 rings (SSSR count). The van der Waals surface area contributed by atoms with Crippen molar-refractivity contribution >= 4 is 11.9 Å². The van der Waals surface area contributed by atoms with Gasteiger partial charge < -0.3 is 10.1 Å². The molecule has 7 heteroatoms. The Kier molecular flexibility index (Phi) is 7.62. The molecule has 22 heavy (non-hydrogen) atoms. The third-order valence-electron chi connectivity index (χ3n) is 2.63. The van der Waals surface area contributed by atoms with Gasteiger partial charge in [0.1, 0.15) is 11.6 Å². The molecule has 0 fully saturated rings. The molecule has 1 amide bonds. The molecule has 0 radical (unpaired) electrons. The van der Waals surface area contributed by atoms with E-state index in [0.717, 1.165) is 12.8 Å². The SMILES string of the molecule is CCC/C=C/[C@H](C)[C@H](NC(=O)C(F)(F)F)C(=O)OC(C)(C)C. The van der Waals surface area contributed by atoms with Gasteiger partial charge in [-0.3, -0.25) is 4.79 Å². The van der Waals surface area contributed by atoms with Crippen LogP contribution in [0.2, 0.25) is 0 Å². The van der Waals surface area contributed by atoms with Gasteiger partial charge in [0.05, 0.1) is 0 Å². The van der Waals surface area contributed by atoms with E-state index in [9.17, 15) is 22.8 Å². The van der Waals surface area contributed by atoms with Gasteiger partial charge in [-0.25, -0.2) is 4.79 Å². The van der Waals surface area contributed by atoms with Gasteiger partial charge in [0.25, 0.3) is 0 Å². The fourth-order valence-electron chi connectivity index (χ4n) is 1.58. The highest BCUT2D eigenvalue weighted by atomic mass is 19.4. The predicted octanol–water partition coefficient (Wildman–Crippen LogP) is 3.37. The minimum atomic E-state index is -5.05. The average Bonchev–Trinajstić information content (AvgIpc) is 2.32. The van der Waals surface area contributed by atoms with Crippen LogP contribution in [0, 0.1) is 5.92 Å². The summed E-state index contributed by atoms with van der Waals surface area (Å²) >= 11 is 0. The lowest BCUT2D eigenvalue weighted by Crippen LogP contribution is -2.51. The fraction of sp³-hybridized carbons (Fsp3) is 0.733. The Morgan fingerprint density at radius 2 is 1.77 bits per heavy atom. The van der Waals surface area contributed by atoms with Crippen LogP contribution in [0.4, 0.5) is 13.2 Å². The van der Waals surface area contributed by atoms with Crippen LogP contribution in [-0.4, -0.2) is 29.7 Å². The van der Waals surface area contributed by atoms with Crippen LogP contribution in [0.15, 0.2) is 12.2 Å². The summed E-state index contributed by atoms with van der Waals surface area (Å²) in [6, 6.07) is -1.39. The number of halogens is 3. The van der Waals surface area contributed by atoms with E-state index in [1.165, 1.54) is 0 Å². The Hall–Kier alpha value is -1.53. The van der Waals surface area contributed by atoms with E-state index in [0.29, 0.717) is 0 Å². The first kappa shape index (κ1) is 20.5. The summed E-state index contributed by atoms with van der Waals surface area (Å²) in [4.78, 5) is 23.2.